The number of piperazine rings is 1. The molecule has 2 aromatic heterocycles. The van der Waals surface area contributed by atoms with Crippen molar-refractivity contribution in [1.82, 2.24) is 15.2 Å². The summed E-state index contributed by atoms with van der Waals surface area (Å²) in [6.45, 7) is 4.22. The molecule has 5 nitrogen and oxygen atoms in total. The Morgan fingerprint density at radius 1 is 1.14 bits per heavy atom. The van der Waals surface area contributed by atoms with Gasteiger partial charge in [-0.1, -0.05) is 34.5 Å². The minimum Gasteiger partial charge on any atom is -0.351 e. The van der Waals surface area contributed by atoms with E-state index >= 15 is 0 Å². The lowest BCUT2D eigenvalue weighted by Gasteiger charge is -2.34. The molecule has 11 heteroatoms. The molecule has 1 aromatic carbocycles. The maximum absolute atomic E-state index is 13.9. The van der Waals surface area contributed by atoms with Gasteiger partial charge in [0.2, 0.25) is 0 Å². The fourth-order valence-electron chi connectivity index (χ4n) is 3.16. The quantitative estimate of drug-likeness (QED) is 0.588. The Bertz CT molecular complexity index is 1050. The summed E-state index contributed by atoms with van der Waals surface area (Å²) < 4.78 is 28.6. The van der Waals surface area contributed by atoms with Crippen LogP contribution < -0.4 is 10.2 Å². The monoisotopic (exact) mass is 476 g/mol. The van der Waals surface area contributed by atoms with Crippen molar-refractivity contribution in [3.63, 3.8) is 0 Å². The van der Waals surface area contributed by atoms with E-state index in [4.69, 9.17) is 23.2 Å². The smallest absolute Gasteiger partial charge is 0.253 e. The van der Waals surface area contributed by atoms with Crippen LogP contribution in [0.5, 0.6) is 0 Å². The van der Waals surface area contributed by atoms with Gasteiger partial charge in [0.05, 0.1) is 14.6 Å². The van der Waals surface area contributed by atoms with Crippen molar-refractivity contribution in [1.29, 1.82) is 0 Å². The number of benzene rings is 1. The van der Waals surface area contributed by atoms with Gasteiger partial charge in [-0.15, -0.1) is 11.3 Å². The number of rotatable bonds is 5. The Hall–Kier alpha value is -1.52. The van der Waals surface area contributed by atoms with Gasteiger partial charge < -0.3 is 10.2 Å². The van der Waals surface area contributed by atoms with E-state index in [0.717, 1.165) is 32.2 Å². The summed E-state index contributed by atoms with van der Waals surface area (Å²) in [6.07, 6.45) is 0. The molecule has 0 aliphatic carbocycles. The van der Waals surface area contributed by atoms with Gasteiger partial charge in [0.15, 0.2) is 10.9 Å². The number of fused-ring (bicyclic) bond motifs is 1. The molecule has 1 amide bonds. The van der Waals surface area contributed by atoms with Crippen LogP contribution in [0.25, 0.3) is 10.2 Å². The fourth-order valence-corrected chi connectivity index (χ4v) is 5.68. The second kappa shape index (κ2) is 8.69. The summed E-state index contributed by atoms with van der Waals surface area (Å²) in [7, 11) is 0. The summed E-state index contributed by atoms with van der Waals surface area (Å²) in [5.41, 5.74) is 0.606. The van der Waals surface area contributed by atoms with Crippen LogP contribution in [0.3, 0.4) is 0 Å². The van der Waals surface area contributed by atoms with Crippen LogP contribution in [-0.2, 0) is 0 Å². The number of nitrogens with zero attached hydrogens (tertiary/aromatic N) is 3. The number of aromatic nitrogens is 1. The lowest BCUT2D eigenvalue weighted by molar-refractivity contribution is 0.0948. The average molecular weight is 477 g/mol. The maximum Gasteiger partial charge on any atom is 0.253 e. The number of thiophene rings is 1. The molecule has 1 fully saturated rings. The van der Waals surface area contributed by atoms with E-state index in [-0.39, 0.29) is 11.4 Å². The van der Waals surface area contributed by atoms with E-state index in [0.29, 0.717) is 37.2 Å². The third-order valence-corrected chi connectivity index (χ3v) is 7.21. The predicted molar refractivity (Wildman–Crippen MR) is 115 cm³/mol. The summed E-state index contributed by atoms with van der Waals surface area (Å²) in [4.78, 5) is 20.8. The van der Waals surface area contributed by atoms with Crippen LogP contribution in [0.2, 0.25) is 8.67 Å². The lowest BCUT2D eigenvalue weighted by atomic mass is 10.3. The molecule has 154 valence electrons. The number of amides is 1. The van der Waals surface area contributed by atoms with Crippen LogP contribution in [-0.4, -0.2) is 55.1 Å². The number of hydrogen-bond acceptors (Lipinski definition) is 6. The van der Waals surface area contributed by atoms with E-state index in [1.807, 2.05) is 0 Å². The van der Waals surface area contributed by atoms with E-state index < -0.39 is 11.6 Å². The van der Waals surface area contributed by atoms with E-state index in [1.165, 1.54) is 28.7 Å². The van der Waals surface area contributed by atoms with E-state index in [9.17, 15) is 13.6 Å². The van der Waals surface area contributed by atoms with Gasteiger partial charge in [-0.05, 0) is 12.1 Å². The second-order valence-electron chi connectivity index (χ2n) is 6.55. The van der Waals surface area contributed by atoms with Crippen molar-refractivity contribution in [2.24, 2.45) is 0 Å². The Morgan fingerprint density at radius 3 is 2.59 bits per heavy atom. The Balaban J connectivity index is 1.28. The number of hydrogen-bond donors (Lipinski definition) is 1. The second-order valence-corrected chi connectivity index (χ2v) is 9.85. The van der Waals surface area contributed by atoms with Gasteiger partial charge in [-0.25, -0.2) is 13.8 Å². The number of thiazole rings is 1. The molecular weight excluding hydrogens is 461 g/mol. The zero-order chi connectivity index (χ0) is 20.5. The minimum absolute atomic E-state index is 0.212. The van der Waals surface area contributed by atoms with Crippen molar-refractivity contribution in [3.05, 3.63) is 44.1 Å². The molecular formula is C18H16Cl2F2N4OS2. The zero-order valence-electron chi connectivity index (χ0n) is 15.1. The standard InChI is InChI=1S/C18H16Cl2F2N4OS2/c19-14-9-11(16(20)29-14)17(27)23-1-2-25-3-5-26(6-4-25)18-24-15-12(22)7-10(21)8-13(15)28-18/h7-9H,1-6H2,(H,23,27). The van der Waals surface area contributed by atoms with Gasteiger partial charge >= 0.3 is 0 Å². The summed E-state index contributed by atoms with van der Waals surface area (Å²) in [5, 5.41) is 3.55. The number of halogens is 4. The first-order valence-corrected chi connectivity index (χ1v) is 11.3. The van der Waals surface area contributed by atoms with Crippen LogP contribution in [0.1, 0.15) is 10.4 Å². The zero-order valence-corrected chi connectivity index (χ0v) is 18.2. The van der Waals surface area contributed by atoms with Gasteiger partial charge in [0, 0.05) is 45.3 Å². The van der Waals surface area contributed by atoms with E-state index in [2.05, 4.69) is 20.1 Å². The topological polar surface area (TPSA) is 48.5 Å². The molecule has 29 heavy (non-hydrogen) atoms. The van der Waals surface area contributed by atoms with Crippen molar-refractivity contribution in [3.8, 4) is 0 Å². The summed E-state index contributed by atoms with van der Waals surface area (Å²) in [5.74, 6) is -1.47. The highest BCUT2D eigenvalue weighted by molar-refractivity contribution is 7.22. The number of nitrogens with one attached hydrogen (secondary N) is 1. The lowest BCUT2D eigenvalue weighted by Crippen LogP contribution is -2.48. The normalized spacial score (nSPS) is 15.2. The highest BCUT2D eigenvalue weighted by Gasteiger charge is 2.21. The summed E-state index contributed by atoms with van der Waals surface area (Å²) >= 11 is 14.3. The number of carbonyl (C=O) groups excluding carboxylic acids is 1. The number of anilines is 1. The molecule has 0 atom stereocenters. The van der Waals surface area contributed by atoms with Crippen LogP contribution in [0.15, 0.2) is 18.2 Å². The largest absolute Gasteiger partial charge is 0.351 e. The number of carbonyl (C=O) groups is 1. The summed E-state index contributed by atoms with van der Waals surface area (Å²) in [6, 6.07) is 3.73. The highest BCUT2D eigenvalue weighted by Crippen LogP contribution is 2.32. The first kappa shape index (κ1) is 20.7. The molecule has 1 aliphatic heterocycles. The SMILES string of the molecule is O=C(NCCN1CCN(c2nc3c(F)cc(F)cc3s2)CC1)c1cc(Cl)sc1Cl. The fraction of sp³-hybridized carbons (Fsp3) is 0.333. The molecule has 1 N–H and O–H groups in total. The van der Waals surface area contributed by atoms with Gasteiger partial charge in [0.1, 0.15) is 15.7 Å². The molecule has 0 radical (unpaired) electrons. The van der Waals surface area contributed by atoms with Gasteiger partial charge in [0.25, 0.3) is 5.91 Å². The van der Waals surface area contributed by atoms with Crippen LogP contribution in [0.4, 0.5) is 13.9 Å². The Morgan fingerprint density at radius 2 is 1.90 bits per heavy atom. The first-order valence-electron chi connectivity index (χ1n) is 8.86. The molecule has 3 aromatic rings. The van der Waals surface area contributed by atoms with Crippen molar-refractivity contribution in [2.45, 2.75) is 0 Å². The Kier molecular flexibility index (Phi) is 6.21. The van der Waals surface area contributed by atoms with Crippen molar-refractivity contribution >= 4 is 67.1 Å². The molecule has 1 saturated heterocycles. The van der Waals surface area contributed by atoms with E-state index in [1.54, 1.807) is 6.07 Å². The molecule has 3 heterocycles. The molecule has 0 saturated carbocycles. The van der Waals surface area contributed by atoms with Crippen LogP contribution in [0, 0.1) is 11.6 Å². The third kappa shape index (κ3) is 4.64. The predicted octanol–water partition coefficient (Wildman–Crippen LogP) is 4.49. The average Bonchev–Trinajstić information content (AvgIpc) is 3.25. The minimum atomic E-state index is -0.635. The van der Waals surface area contributed by atoms with Gasteiger partial charge in [-0.3, -0.25) is 9.69 Å². The Labute approximate surface area is 183 Å². The first-order chi connectivity index (χ1) is 13.9. The maximum atomic E-state index is 13.9. The molecule has 0 bridgehead atoms. The highest BCUT2D eigenvalue weighted by atomic mass is 35.5. The third-order valence-electron chi connectivity index (χ3n) is 4.66. The van der Waals surface area contributed by atoms with Gasteiger partial charge in [-0.2, -0.15) is 0 Å². The van der Waals surface area contributed by atoms with Crippen LogP contribution >= 0.6 is 45.9 Å². The molecule has 0 unspecified atom stereocenters. The molecule has 1 aliphatic rings. The van der Waals surface area contributed by atoms with Crippen molar-refractivity contribution in [2.75, 3.05) is 44.2 Å². The van der Waals surface area contributed by atoms with Crippen molar-refractivity contribution < 1.29 is 13.6 Å². The molecule has 0 spiro atoms. The molecule has 4 rings (SSSR count).